The molecule has 8 nitrogen and oxygen atoms in total. The van der Waals surface area contributed by atoms with Crippen molar-refractivity contribution >= 4 is 37.9 Å². The van der Waals surface area contributed by atoms with Crippen molar-refractivity contribution in [2.24, 2.45) is 0 Å². The minimum Gasteiger partial charge on any atom is -0.497 e. The maximum atomic E-state index is 14.6. The number of methoxy groups -OCH3 is 2. The summed E-state index contributed by atoms with van der Waals surface area (Å²) in [5.41, 5.74) is 1.41. The first kappa shape index (κ1) is 21.6. The van der Waals surface area contributed by atoms with Crippen molar-refractivity contribution in [1.29, 1.82) is 0 Å². The quantitative estimate of drug-likeness (QED) is 0.605. The Balaban J connectivity index is 2.23. The molecule has 0 saturated heterocycles. The highest BCUT2D eigenvalue weighted by atomic mass is 32.2. The van der Waals surface area contributed by atoms with Gasteiger partial charge in [-0.2, -0.15) is 0 Å². The molecule has 1 heterocycles. The normalized spacial score (nSPS) is 11.4. The van der Waals surface area contributed by atoms with Crippen LogP contribution in [0.2, 0.25) is 0 Å². The Morgan fingerprint density at radius 3 is 2.43 bits per heavy atom. The van der Waals surface area contributed by atoms with Crippen LogP contribution in [0, 0.1) is 5.82 Å². The Labute approximate surface area is 174 Å². The number of sulfone groups is 1. The van der Waals surface area contributed by atoms with E-state index in [1.807, 2.05) is 0 Å². The van der Waals surface area contributed by atoms with Crippen molar-refractivity contribution in [3.63, 3.8) is 0 Å². The molecule has 0 spiro atoms. The van der Waals surface area contributed by atoms with Crippen LogP contribution in [0.3, 0.4) is 0 Å². The second-order valence-corrected chi connectivity index (χ2v) is 8.92. The molecule has 0 aliphatic heterocycles. The molecule has 0 amide bonds. The van der Waals surface area contributed by atoms with Gasteiger partial charge < -0.3 is 19.7 Å². The van der Waals surface area contributed by atoms with E-state index in [0.29, 0.717) is 39.6 Å². The van der Waals surface area contributed by atoms with E-state index >= 15 is 0 Å². The number of hydrogen-bond donors (Lipinski definition) is 1. The third kappa shape index (κ3) is 3.95. The van der Waals surface area contributed by atoms with Crippen LogP contribution >= 0.6 is 0 Å². The average Bonchev–Trinajstić information content (AvgIpc) is 2.73. The fraction of sp³-hybridized carbons (Fsp3) is 0.300. The third-order valence-electron chi connectivity index (χ3n) is 4.63. The van der Waals surface area contributed by atoms with E-state index in [2.05, 4.69) is 15.3 Å². The number of fused-ring (bicyclic) bond motifs is 1. The van der Waals surface area contributed by atoms with Crippen molar-refractivity contribution in [2.75, 3.05) is 44.3 Å². The van der Waals surface area contributed by atoms with E-state index < -0.39 is 15.7 Å². The summed E-state index contributed by atoms with van der Waals surface area (Å²) >= 11 is 0. The number of hydrogen-bond acceptors (Lipinski definition) is 8. The van der Waals surface area contributed by atoms with Crippen LogP contribution in [0.15, 0.2) is 35.5 Å². The van der Waals surface area contributed by atoms with E-state index in [4.69, 9.17) is 9.47 Å². The maximum absolute atomic E-state index is 14.6. The van der Waals surface area contributed by atoms with Crippen LogP contribution in [0.4, 0.5) is 21.6 Å². The molecule has 0 aliphatic rings. The lowest BCUT2D eigenvalue weighted by atomic mass is 10.2. The van der Waals surface area contributed by atoms with E-state index in [-0.39, 0.29) is 10.6 Å². The second-order valence-electron chi connectivity index (χ2n) is 6.67. The van der Waals surface area contributed by atoms with Gasteiger partial charge in [0, 0.05) is 32.3 Å². The van der Waals surface area contributed by atoms with Gasteiger partial charge in [0.05, 0.1) is 42.3 Å². The van der Waals surface area contributed by atoms with Gasteiger partial charge in [-0.1, -0.05) is 6.92 Å². The lowest BCUT2D eigenvalue weighted by molar-refractivity contribution is 0.398. The third-order valence-corrected chi connectivity index (χ3v) is 6.37. The van der Waals surface area contributed by atoms with Crippen LogP contribution in [0.1, 0.15) is 6.92 Å². The minimum atomic E-state index is -3.76. The largest absolute Gasteiger partial charge is 0.497 e. The fourth-order valence-electron chi connectivity index (χ4n) is 3.04. The van der Waals surface area contributed by atoms with Crippen LogP contribution in [-0.4, -0.2) is 52.5 Å². The van der Waals surface area contributed by atoms with Gasteiger partial charge in [-0.3, -0.25) is 0 Å². The molecule has 0 atom stereocenters. The summed E-state index contributed by atoms with van der Waals surface area (Å²) in [6.07, 6.45) is 1.37. The van der Waals surface area contributed by atoms with Crippen molar-refractivity contribution in [3.05, 3.63) is 36.4 Å². The Kier molecular flexibility index (Phi) is 5.97. The highest BCUT2D eigenvalue weighted by molar-refractivity contribution is 7.91. The molecule has 3 rings (SSSR count). The summed E-state index contributed by atoms with van der Waals surface area (Å²) in [6.45, 7) is 1.47. The van der Waals surface area contributed by atoms with Gasteiger partial charge in [0.15, 0.2) is 9.84 Å². The van der Waals surface area contributed by atoms with Crippen molar-refractivity contribution in [3.8, 4) is 11.5 Å². The van der Waals surface area contributed by atoms with Gasteiger partial charge in [-0.15, -0.1) is 0 Å². The zero-order valence-corrected chi connectivity index (χ0v) is 18.2. The van der Waals surface area contributed by atoms with Gasteiger partial charge in [0.25, 0.3) is 0 Å². The van der Waals surface area contributed by atoms with Gasteiger partial charge in [0.1, 0.15) is 34.4 Å². The lowest BCUT2D eigenvalue weighted by Gasteiger charge is -2.21. The molecule has 30 heavy (non-hydrogen) atoms. The van der Waals surface area contributed by atoms with Crippen molar-refractivity contribution in [2.45, 2.75) is 11.8 Å². The van der Waals surface area contributed by atoms with Crippen LogP contribution in [0.25, 0.3) is 10.9 Å². The van der Waals surface area contributed by atoms with Crippen LogP contribution in [-0.2, 0) is 9.84 Å². The zero-order valence-electron chi connectivity index (χ0n) is 17.4. The Morgan fingerprint density at radius 2 is 1.83 bits per heavy atom. The molecule has 0 aliphatic carbocycles. The molecule has 0 unspecified atom stereocenters. The predicted molar refractivity (Wildman–Crippen MR) is 114 cm³/mol. The molecule has 0 saturated carbocycles. The summed E-state index contributed by atoms with van der Waals surface area (Å²) in [7, 11) is 2.76. The zero-order chi connectivity index (χ0) is 22.1. The van der Waals surface area contributed by atoms with Crippen molar-refractivity contribution < 1.29 is 22.3 Å². The maximum Gasteiger partial charge on any atom is 0.181 e. The number of anilines is 3. The number of benzene rings is 2. The second kappa shape index (κ2) is 8.31. The Bertz CT molecular complexity index is 1200. The first-order chi connectivity index (χ1) is 14.2. The Hall–Kier alpha value is -3.14. The minimum absolute atomic E-state index is 0.214. The molecule has 0 fully saturated rings. The molecule has 0 radical (unpaired) electrons. The van der Waals surface area contributed by atoms with Gasteiger partial charge in [0.2, 0.25) is 0 Å². The van der Waals surface area contributed by atoms with Crippen LogP contribution < -0.4 is 19.7 Å². The molecular weight excluding hydrogens is 411 g/mol. The van der Waals surface area contributed by atoms with Crippen molar-refractivity contribution in [1.82, 2.24) is 9.97 Å². The number of nitrogens with zero attached hydrogens (tertiary/aromatic N) is 3. The molecular formula is C20H23FN4O4S. The highest BCUT2D eigenvalue weighted by Crippen LogP contribution is 2.38. The van der Waals surface area contributed by atoms with E-state index in [0.717, 1.165) is 0 Å². The average molecular weight is 434 g/mol. The summed E-state index contributed by atoms with van der Waals surface area (Å²) < 4.78 is 50.0. The standard InChI is InChI=1S/C20H23FN4O4S/c1-6-30(26,27)18-10-14(16(25(2)3)9-13(18)21)24-20-19-15(22-11-23-20)7-12(28-4)8-17(19)29-5/h7-11H,6H2,1-5H3,(H,22,23,24). The molecule has 2 aromatic carbocycles. The van der Waals surface area contributed by atoms with E-state index in [1.54, 1.807) is 38.2 Å². The molecule has 0 bridgehead atoms. The number of ether oxygens (including phenoxy) is 2. The van der Waals surface area contributed by atoms with Gasteiger partial charge in [-0.05, 0) is 6.07 Å². The predicted octanol–water partition coefficient (Wildman–Crippen LogP) is 3.39. The molecule has 1 N–H and O–H groups in total. The monoisotopic (exact) mass is 434 g/mol. The summed E-state index contributed by atoms with van der Waals surface area (Å²) in [5.74, 6) is 0.405. The number of rotatable bonds is 7. The molecule has 160 valence electrons. The van der Waals surface area contributed by atoms with E-state index in [9.17, 15) is 12.8 Å². The summed E-state index contributed by atoms with van der Waals surface area (Å²) in [4.78, 5) is 9.87. The highest BCUT2D eigenvalue weighted by Gasteiger charge is 2.22. The smallest absolute Gasteiger partial charge is 0.181 e. The fourth-order valence-corrected chi connectivity index (χ4v) is 4.00. The topological polar surface area (TPSA) is 93.7 Å². The SMILES string of the molecule is CCS(=O)(=O)c1cc(Nc2ncnc3cc(OC)cc(OC)c23)c(N(C)C)cc1F. The first-order valence-corrected chi connectivity index (χ1v) is 10.7. The summed E-state index contributed by atoms with van der Waals surface area (Å²) in [5, 5.41) is 3.71. The molecule has 10 heteroatoms. The lowest BCUT2D eigenvalue weighted by Crippen LogP contribution is -2.14. The number of aromatic nitrogens is 2. The summed E-state index contributed by atoms with van der Waals surface area (Å²) in [6, 6.07) is 5.90. The Morgan fingerprint density at radius 1 is 1.10 bits per heavy atom. The van der Waals surface area contributed by atoms with Gasteiger partial charge >= 0.3 is 0 Å². The number of nitrogens with one attached hydrogen (secondary N) is 1. The number of halogens is 1. The molecule has 1 aromatic heterocycles. The van der Waals surface area contributed by atoms with Crippen LogP contribution in [0.5, 0.6) is 11.5 Å². The first-order valence-electron chi connectivity index (χ1n) is 9.09. The van der Waals surface area contributed by atoms with Gasteiger partial charge in [-0.25, -0.2) is 22.8 Å². The molecule has 3 aromatic rings. The van der Waals surface area contributed by atoms with E-state index in [1.165, 1.54) is 32.5 Å².